The monoisotopic (exact) mass is 635 g/mol. The van der Waals surface area contributed by atoms with Crippen LogP contribution in [0.5, 0.6) is 5.75 Å². The molecule has 0 radical (unpaired) electrons. The Kier molecular flexibility index (Phi) is 8.33. The lowest BCUT2D eigenvalue weighted by molar-refractivity contribution is -0.274. The van der Waals surface area contributed by atoms with Gasteiger partial charge in [0.05, 0.1) is 14.7 Å². The number of benzene rings is 3. The summed E-state index contributed by atoms with van der Waals surface area (Å²) in [5, 5.41) is 0. The van der Waals surface area contributed by atoms with Crippen molar-refractivity contribution in [3.8, 4) is 5.75 Å². The molecule has 0 fully saturated rings. The van der Waals surface area contributed by atoms with E-state index >= 15 is 0 Å². The summed E-state index contributed by atoms with van der Waals surface area (Å²) >= 11 is 0. The highest BCUT2D eigenvalue weighted by Gasteiger charge is 2.46. The average molecular weight is 636 g/mol. The minimum absolute atomic E-state index is 0.153. The number of sulfonamides is 1. The lowest BCUT2D eigenvalue weighted by Gasteiger charge is -2.17. The van der Waals surface area contributed by atoms with Crippen LogP contribution in [0, 0.1) is 5.82 Å². The van der Waals surface area contributed by atoms with Crippen molar-refractivity contribution in [3.05, 3.63) is 78.1 Å². The fraction of sp³-hybridized carbons (Fsp3) is 0.182. The van der Waals surface area contributed by atoms with Gasteiger partial charge in [-0.1, -0.05) is 24.3 Å². The molecule has 0 bridgehead atoms. The van der Waals surface area contributed by atoms with Crippen molar-refractivity contribution in [1.29, 1.82) is 0 Å². The van der Waals surface area contributed by atoms with Gasteiger partial charge in [0.25, 0.3) is 0 Å². The predicted octanol–water partition coefficient (Wildman–Crippen LogP) is 4.89. The highest BCUT2D eigenvalue weighted by Crippen LogP contribution is 2.36. The second-order valence-electron chi connectivity index (χ2n) is 7.95. The van der Waals surface area contributed by atoms with Gasteiger partial charge in [0.1, 0.15) is 16.5 Å². The molecule has 0 heterocycles. The number of rotatable bonds is 8. The normalized spacial score (nSPS) is 14.1. The zero-order chi connectivity index (χ0) is 30.3. The van der Waals surface area contributed by atoms with Crippen molar-refractivity contribution >= 4 is 29.7 Å². The van der Waals surface area contributed by atoms with Gasteiger partial charge in [-0.15, -0.1) is 13.2 Å². The molecule has 218 valence electrons. The quantitative estimate of drug-likeness (QED) is 0.350. The lowest BCUT2D eigenvalue weighted by atomic mass is 10.1. The summed E-state index contributed by atoms with van der Waals surface area (Å²) in [4.78, 5) is -4.04. The summed E-state index contributed by atoms with van der Waals surface area (Å²) in [7, 11) is -15.8. The second kappa shape index (κ2) is 10.6. The fourth-order valence-electron chi connectivity index (χ4n) is 3.33. The van der Waals surface area contributed by atoms with Crippen LogP contribution in [-0.4, -0.2) is 37.1 Å². The summed E-state index contributed by atoms with van der Waals surface area (Å²) in [6.45, 7) is 1.02. The number of nitrogens with one attached hydrogen (secondary N) is 1. The van der Waals surface area contributed by atoms with Gasteiger partial charge in [-0.3, -0.25) is 0 Å². The molecule has 0 saturated heterocycles. The lowest BCUT2D eigenvalue weighted by Crippen LogP contribution is -2.37. The van der Waals surface area contributed by atoms with Crippen LogP contribution in [0.15, 0.2) is 86.3 Å². The first-order chi connectivity index (χ1) is 18.2. The Morgan fingerprint density at radius 3 is 1.82 bits per heavy atom. The van der Waals surface area contributed by atoms with Crippen LogP contribution in [-0.2, 0) is 29.7 Å². The first-order valence-corrected chi connectivity index (χ1v) is 14.9. The van der Waals surface area contributed by atoms with Crippen molar-refractivity contribution in [2.75, 3.05) is 0 Å². The van der Waals surface area contributed by atoms with E-state index in [0.717, 1.165) is 55.5 Å². The molecule has 0 aliphatic carbocycles. The van der Waals surface area contributed by atoms with Crippen molar-refractivity contribution in [2.45, 2.75) is 44.4 Å². The van der Waals surface area contributed by atoms with Crippen molar-refractivity contribution in [1.82, 2.24) is 4.72 Å². The molecule has 40 heavy (non-hydrogen) atoms. The molecule has 8 nitrogen and oxygen atoms in total. The minimum Gasteiger partial charge on any atom is -0.406 e. The zero-order valence-electron chi connectivity index (χ0n) is 19.7. The Bertz CT molecular complexity index is 1740. The standard InChI is InChI=1S/C22H16F7NO7S3/c1-13(30-40(35,36)22(27,28)29)14-6-9-16(10-7-14)38(31,32)20-12-15(37-21(24,25)26)8-11-19(20)39(33,34)18-5-3-2-4-17(18)23/h2-13,30H,1H3/t13-/m0/s1. The molecule has 0 unspecified atom stereocenters. The van der Waals surface area contributed by atoms with Crippen LogP contribution >= 0.6 is 0 Å². The van der Waals surface area contributed by atoms with Crippen LogP contribution in [0.2, 0.25) is 0 Å². The van der Waals surface area contributed by atoms with Crippen LogP contribution in [0.4, 0.5) is 30.7 Å². The van der Waals surface area contributed by atoms with E-state index in [-0.39, 0.29) is 11.6 Å². The van der Waals surface area contributed by atoms with Crippen molar-refractivity contribution < 1.29 is 60.7 Å². The molecule has 18 heteroatoms. The van der Waals surface area contributed by atoms with Gasteiger partial charge in [0.15, 0.2) is 0 Å². The Morgan fingerprint density at radius 1 is 0.725 bits per heavy atom. The SMILES string of the molecule is C[C@H](NS(=O)(=O)C(F)(F)F)c1ccc(S(=O)(=O)c2cc(OC(F)(F)F)ccc2S(=O)(=O)c2ccccc2F)cc1. The molecule has 3 rings (SSSR count). The van der Waals surface area contributed by atoms with E-state index in [1.165, 1.54) is 4.72 Å². The van der Waals surface area contributed by atoms with Gasteiger partial charge < -0.3 is 4.74 Å². The zero-order valence-corrected chi connectivity index (χ0v) is 22.1. The molecule has 0 saturated carbocycles. The number of sulfone groups is 2. The van der Waals surface area contributed by atoms with E-state index in [9.17, 15) is 56.0 Å². The van der Waals surface area contributed by atoms with E-state index in [4.69, 9.17) is 0 Å². The topological polar surface area (TPSA) is 124 Å². The van der Waals surface area contributed by atoms with Crippen LogP contribution in [0.1, 0.15) is 18.5 Å². The molecular weight excluding hydrogens is 619 g/mol. The molecule has 0 aromatic heterocycles. The third kappa shape index (κ3) is 6.56. The smallest absolute Gasteiger partial charge is 0.406 e. The van der Waals surface area contributed by atoms with E-state index in [0.29, 0.717) is 12.1 Å². The van der Waals surface area contributed by atoms with E-state index in [2.05, 4.69) is 4.74 Å². The van der Waals surface area contributed by atoms with Gasteiger partial charge >= 0.3 is 21.9 Å². The van der Waals surface area contributed by atoms with Crippen molar-refractivity contribution in [2.24, 2.45) is 0 Å². The van der Waals surface area contributed by atoms with Gasteiger partial charge in [0.2, 0.25) is 19.7 Å². The summed E-state index contributed by atoms with van der Waals surface area (Å²) in [5.41, 5.74) is -5.78. The van der Waals surface area contributed by atoms with Crippen LogP contribution in [0.25, 0.3) is 0 Å². The van der Waals surface area contributed by atoms with E-state index in [1.807, 2.05) is 0 Å². The summed E-state index contributed by atoms with van der Waals surface area (Å²) in [6.07, 6.45) is -5.30. The maximum Gasteiger partial charge on any atom is 0.573 e. The Morgan fingerprint density at radius 2 is 1.30 bits per heavy atom. The van der Waals surface area contributed by atoms with Crippen LogP contribution in [0.3, 0.4) is 0 Å². The highest BCUT2D eigenvalue weighted by molar-refractivity contribution is 7.94. The molecule has 0 aliphatic rings. The largest absolute Gasteiger partial charge is 0.573 e. The summed E-state index contributed by atoms with van der Waals surface area (Å²) in [5.74, 6) is -2.40. The minimum atomic E-state index is -5.77. The molecule has 0 spiro atoms. The number of hydrogen-bond acceptors (Lipinski definition) is 7. The summed E-state index contributed by atoms with van der Waals surface area (Å²) in [6, 6.07) is 6.91. The third-order valence-corrected chi connectivity index (χ3v) is 10.2. The van der Waals surface area contributed by atoms with Gasteiger partial charge in [-0.05, 0) is 48.9 Å². The first kappa shape index (κ1) is 31.3. The third-order valence-electron chi connectivity index (χ3n) is 5.18. The van der Waals surface area contributed by atoms with Crippen molar-refractivity contribution in [3.63, 3.8) is 0 Å². The highest BCUT2D eigenvalue weighted by atomic mass is 32.2. The van der Waals surface area contributed by atoms with E-state index < -0.39 is 78.8 Å². The molecule has 0 aliphatic heterocycles. The number of ether oxygens (including phenoxy) is 1. The van der Waals surface area contributed by atoms with Crippen LogP contribution < -0.4 is 9.46 Å². The fourth-order valence-corrected chi connectivity index (χ4v) is 7.47. The second-order valence-corrected chi connectivity index (χ2v) is 13.5. The van der Waals surface area contributed by atoms with Gasteiger partial charge in [0, 0.05) is 12.1 Å². The molecular formula is C22H16F7NO7S3. The van der Waals surface area contributed by atoms with Gasteiger partial charge in [-0.2, -0.15) is 13.2 Å². The summed E-state index contributed by atoms with van der Waals surface area (Å²) < 4.78 is 172. The molecule has 3 aromatic carbocycles. The molecule has 0 amide bonds. The Labute approximate surface area is 223 Å². The molecule has 1 atom stereocenters. The molecule has 1 N–H and O–H groups in total. The Balaban J connectivity index is 2.13. The number of halogens is 7. The maximum absolute atomic E-state index is 14.3. The predicted molar refractivity (Wildman–Crippen MR) is 123 cm³/mol. The average Bonchev–Trinajstić information content (AvgIpc) is 2.82. The maximum atomic E-state index is 14.3. The van der Waals surface area contributed by atoms with E-state index in [1.54, 1.807) is 0 Å². The molecule has 3 aromatic rings. The first-order valence-electron chi connectivity index (χ1n) is 10.5. The van der Waals surface area contributed by atoms with Gasteiger partial charge in [-0.25, -0.2) is 34.4 Å². The Hall–Kier alpha value is -3.22. The number of alkyl halides is 6. The number of hydrogen-bond donors (Lipinski definition) is 1.